The van der Waals surface area contributed by atoms with Crippen molar-refractivity contribution < 1.29 is 14.7 Å². The van der Waals surface area contributed by atoms with Crippen LogP contribution in [-0.2, 0) is 23.1 Å². The SMILES string of the molecule is NC(=O)c1c(N)sc2c1CCC(C(=O)O)(c1ccccc1)C2. The van der Waals surface area contributed by atoms with E-state index in [1.54, 1.807) is 0 Å². The molecule has 1 aromatic heterocycles. The summed E-state index contributed by atoms with van der Waals surface area (Å²) >= 11 is 1.27. The molecule has 0 radical (unpaired) electrons. The van der Waals surface area contributed by atoms with Crippen LogP contribution in [0.15, 0.2) is 30.3 Å². The number of primary amides is 1. The topological polar surface area (TPSA) is 106 Å². The van der Waals surface area contributed by atoms with Crippen molar-refractivity contribution in [2.45, 2.75) is 24.7 Å². The highest BCUT2D eigenvalue weighted by molar-refractivity contribution is 7.16. The fraction of sp³-hybridized carbons (Fsp3) is 0.250. The maximum atomic E-state index is 12.0. The Balaban J connectivity index is 2.10. The van der Waals surface area contributed by atoms with Gasteiger partial charge in [0.05, 0.1) is 16.0 Å². The quantitative estimate of drug-likeness (QED) is 0.804. The molecule has 2 aromatic rings. The molecule has 114 valence electrons. The molecular weight excluding hydrogens is 300 g/mol. The van der Waals surface area contributed by atoms with Crippen LogP contribution in [0.1, 0.15) is 32.8 Å². The molecule has 1 heterocycles. The van der Waals surface area contributed by atoms with Crippen LogP contribution in [0.25, 0.3) is 0 Å². The van der Waals surface area contributed by atoms with Crippen molar-refractivity contribution in [2.75, 3.05) is 5.73 Å². The molecule has 1 aromatic carbocycles. The number of carboxylic acid groups (broad SMARTS) is 1. The number of aliphatic carboxylic acids is 1. The Labute approximate surface area is 131 Å². The van der Waals surface area contributed by atoms with Crippen molar-refractivity contribution in [2.24, 2.45) is 5.73 Å². The van der Waals surface area contributed by atoms with Gasteiger partial charge in [-0.1, -0.05) is 30.3 Å². The second kappa shape index (κ2) is 5.14. The third-order valence-electron chi connectivity index (χ3n) is 4.36. The van der Waals surface area contributed by atoms with Gasteiger partial charge < -0.3 is 16.6 Å². The molecule has 3 rings (SSSR count). The van der Waals surface area contributed by atoms with Crippen LogP contribution in [0.4, 0.5) is 5.00 Å². The van der Waals surface area contributed by atoms with E-state index in [9.17, 15) is 14.7 Å². The number of carbonyl (C=O) groups excluding carboxylic acids is 1. The van der Waals surface area contributed by atoms with Crippen LogP contribution >= 0.6 is 11.3 Å². The number of thiophene rings is 1. The first-order valence-electron chi connectivity index (χ1n) is 6.94. The predicted octanol–water partition coefficient (Wildman–Crippen LogP) is 1.94. The molecule has 1 aliphatic carbocycles. The molecule has 6 heteroatoms. The van der Waals surface area contributed by atoms with Crippen molar-refractivity contribution in [3.63, 3.8) is 0 Å². The molecule has 0 aliphatic heterocycles. The monoisotopic (exact) mass is 316 g/mol. The minimum absolute atomic E-state index is 0.337. The average Bonchev–Trinajstić information content (AvgIpc) is 2.82. The van der Waals surface area contributed by atoms with E-state index in [2.05, 4.69) is 0 Å². The number of carbonyl (C=O) groups is 2. The van der Waals surface area contributed by atoms with E-state index in [-0.39, 0.29) is 0 Å². The molecule has 0 fully saturated rings. The summed E-state index contributed by atoms with van der Waals surface area (Å²) in [6.07, 6.45) is 1.25. The highest BCUT2D eigenvalue weighted by Crippen LogP contribution is 2.44. The average molecular weight is 316 g/mol. The normalized spacial score (nSPS) is 20.4. The Hall–Kier alpha value is -2.34. The van der Waals surface area contributed by atoms with E-state index in [0.717, 1.165) is 16.0 Å². The second-order valence-electron chi connectivity index (χ2n) is 5.54. The number of fused-ring (bicyclic) bond motifs is 1. The minimum atomic E-state index is -0.972. The molecule has 0 bridgehead atoms. The fourth-order valence-corrected chi connectivity index (χ4v) is 4.46. The first kappa shape index (κ1) is 14.6. The summed E-state index contributed by atoms with van der Waals surface area (Å²) in [6, 6.07) is 9.22. The van der Waals surface area contributed by atoms with E-state index >= 15 is 0 Å². The Morgan fingerprint density at radius 3 is 2.50 bits per heavy atom. The van der Waals surface area contributed by atoms with Crippen molar-refractivity contribution in [1.82, 2.24) is 0 Å². The lowest BCUT2D eigenvalue weighted by molar-refractivity contribution is -0.144. The van der Waals surface area contributed by atoms with Gasteiger partial charge in [0, 0.05) is 11.3 Å². The van der Waals surface area contributed by atoms with Crippen LogP contribution in [0.5, 0.6) is 0 Å². The maximum absolute atomic E-state index is 12.0. The standard InChI is InChI=1S/C16H16N2O3S/c17-13(19)12-10-6-7-16(15(20)21,8-11(10)22-14(12)18)9-4-2-1-3-5-9/h1-5H,6-8,18H2,(H2,17,19)(H,20,21). The molecule has 5 N–H and O–H groups in total. The Morgan fingerprint density at radius 2 is 1.91 bits per heavy atom. The third-order valence-corrected chi connectivity index (χ3v) is 5.43. The maximum Gasteiger partial charge on any atom is 0.314 e. The van der Waals surface area contributed by atoms with Gasteiger partial charge >= 0.3 is 5.97 Å². The van der Waals surface area contributed by atoms with Crippen LogP contribution in [0.2, 0.25) is 0 Å². The van der Waals surface area contributed by atoms with Crippen LogP contribution in [0.3, 0.4) is 0 Å². The van der Waals surface area contributed by atoms with Crippen LogP contribution in [0, 0.1) is 0 Å². The molecule has 1 atom stereocenters. The van der Waals surface area contributed by atoms with Gasteiger partial charge in [-0.05, 0) is 24.0 Å². The molecule has 1 unspecified atom stereocenters. The minimum Gasteiger partial charge on any atom is -0.481 e. The van der Waals surface area contributed by atoms with Gasteiger partial charge in [-0.25, -0.2) is 0 Å². The lowest BCUT2D eigenvalue weighted by Gasteiger charge is -2.33. The molecule has 1 aliphatic rings. The lowest BCUT2D eigenvalue weighted by atomic mass is 9.69. The molecule has 5 nitrogen and oxygen atoms in total. The van der Waals surface area contributed by atoms with E-state index in [4.69, 9.17) is 11.5 Å². The first-order chi connectivity index (χ1) is 10.5. The molecule has 0 saturated carbocycles. The van der Waals surface area contributed by atoms with Crippen LogP contribution < -0.4 is 11.5 Å². The lowest BCUT2D eigenvalue weighted by Crippen LogP contribution is -2.41. The summed E-state index contributed by atoms with van der Waals surface area (Å²) in [4.78, 5) is 24.4. The van der Waals surface area contributed by atoms with E-state index in [1.807, 2.05) is 30.3 Å². The number of hydrogen-bond acceptors (Lipinski definition) is 4. The summed E-state index contributed by atoms with van der Waals surface area (Å²) in [5.41, 5.74) is 12.3. The Morgan fingerprint density at radius 1 is 1.23 bits per heavy atom. The predicted molar refractivity (Wildman–Crippen MR) is 85.0 cm³/mol. The van der Waals surface area contributed by atoms with Crippen molar-refractivity contribution in [1.29, 1.82) is 0 Å². The van der Waals surface area contributed by atoms with Crippen molar-refractivity contribution in [3.8, 4) is 0 Å². The number of hydrogen-bond donors (Lipinski definition) is 3. The molecular formula is C16H16N2O3S. The number of amides is 1. The van der Waals surface area contributed by atoms with E-state index < -0.39 is 17.3 Å². The first-order valence-corrected chi connectivity index (χ1v) is 7.76. The van der Waals surface area contributed by atoms with Crippen molar-refractivity contribution in [3.05, 3.63) is 51.9 Å². The summed E-state index contributed by atoms with van der Waals surface area (Å²) in [5.74, 6) is -1.39. The Bertz CT molecular complexity index is 754. The van der Waals surface area contributed by atoms with Gasteiger partial charge in [0.25, 0.3) is 5.91 Å². The molecule has 1 amide bonds. The van der Waals surface area contributed by atoms with Gasteiger partial charge in [0.15, 0.2) is 0 Å². The molecule has 0 spiro atoms. The summed E-state index contributed by atoms with van der Waals surface area (Å²) in [5, 5.41) is 10.2. The van der Waals surface area contributed by atoms with E-state index in [1.165, 1.54) is 11.3 Å². The number of carboxylic acids is 1. The number of benzene rings is 1. The van der Waals surface area contributed by atoms with E-state index in [0.29, 0.717) is 29.8 Å². The Kier molecular flexibility index (Phi) is 3.41. The number of anilines is 1. The van der Waals surface area contributed by atoms with Gasteiger partial charge in [0.1, 0.15) is 0 Å². The zero-order valence-electron chi connectivity index (χ0n) is 11.8. The van der Waals surface area contributed by atoms with Gasteiger partial charge in [-0.3, -0.25) is 9.59 Å². The summed E-state index contributed by atoms with van der Waals surface area (Å²) in [7, 11) is 0. The second-order valence-corrected chi connectivity index (χ2v) is 6.67. The highest BCUT2D eigenvalue weighted by atomic mass is 32.1. The molecule has 22 heavy (non-hydrogen) atoms. The third kappa shape index (κ3) is 2.07. The van der Waals surface area contributed by atoms with Gasteiger partial charge in [0.2, 0.25) is 0 Å². The van der Waals surface area contributed by atoms with Gasteiger partial charge in [-0.2, -0.15) is 0 Å². The zero-order valence-corrected chi connectivity index (χ0v) is 12.7. The fourth-order valence-electron chi connectivity index (χ4n) is 3.22. The zero-order chi connectivity index (χ0) is 15.9. The summed E-state index contributed by atoms with van der Waals surface area (Å²) in [6.45, 7) is 0. The van der Waals surface area contributed by atoms with Gasteiger partial charge in [-0.15, -0.1) is 11.3 Å². The number of rotatable bonds is 3. The summed E-state index contributed by atoms with van der Waals surface area (Å²) < 4.78 is 0. The van der Waals surface area contributed by atoms with Crippen LogP contribution in [-0.4, -0.2) is 17.0 Å². The number of nitrogen functional groups attached to an aromatic ring is 1. The van der Waals surface area contributed by atoms with Crippen molar-refractivity contribution >= 4 is 28.2 Å². The highest BCUT2D eigenvalue weighted by Gasteiger charge is 2.44. The largest absolute Gasteiger partial charge is 0.481 e. The smallest absolute Gasteiger partial charge is 0.314 e. The number of nitrogens with two attached hydrogens (primary N) is 2. The molecule has 0 saturated heterocycles.